The highest BCUT2D eigenvalue weighted by Gasteiger charge is 2.22. The van der Waals surface area contributed by atoms with E-state index in [4.69, 9.17) is 4.74 Å². The SMILES string of the molecule is Cc1nc2ccc(-c3ccc4c(c3)CN(C(=O)N[C@H](C)c3ccccc3)CCO4)cc2[nH]1. The van der Waals surface area contributed by atoms with Crippen molar-refractivity contribution in [3.63, 3.8) is 0 Å². The van der Waals surface area contributed by atoms with E-state index in [9.17, 15) is 4.79 Å². The summed E-state index contributed by atoms with van der Waals surface area (Å²) in [6, 6.07) is 22.2. The van der Waals surface area contributed by atoms with Gasteiger partial charge in [0.2, 0.25) is 0 Å². The van der Waals surface area contributed by atoms with Crippen LogP contribution < -0.4 is 10.1 Å². The minimum Gasteiger partial charge on any atom is -0.491 e. The largest absolute Gasteiger partial charge is 0.491 e. The number of amides is 2. The van der Waals surface area contributed by atoms with Gasteiger partial charge in [-0.3, -0.25) is 0 Å². The van der Waals surface area contributed by atoms with Crippen LogP contribution >= 0.6 is 0 Å². The molecular formula is C26H26N4O2. The first-order valence-corrected chi connectivity index (χ1v) is 10.9. The maximum absolute atomic E-state index is 13.0. The molecule has 5 rings (SSSR count). The van der Waals surface area contributed by atoms with E-state index < -0.39 is 0 Å². The monoisotopic (exact) mass is 426 g/mol. The fourth-order valence-electron chi connectivity index (χ4n) is 4.17. The molecule has 0 fully saturated rings. The molecule has 3 aromatic carbocycles. The molecule has 0 spiro atoms. The van der Waals surface area contributed by atoms with Gasteiger partial charge in [0.25, 0.3) is 0 Å². The first-order chi connectivity index (χ1) is 15.6. The van der Waals surface area contributed by atoms with Gasteiger partial charge < -0.3 is 19.9 Å². The summed E-state index contributed by atoms with van der Waals surface area (Å²) in [5.41, 5.74) is 6.24. The van der Waals surface area contributed by atoms with Crippen LogP contribution in [0.25, 0.3) is 22.2 Å². The van der Waals surface area contributed by atoms with Crippen molar-refractivity contribution in [3.05, 3.63) is 83.7 Å². The van der Waals surface area contributed by atoms with Gasteiger partial charge in [0.05, 0.1) is 30.2 Å². The molecule has 0 unspecified atom stereocenters. The summed E-state index contributed by atoms with van der Waals surface area (Å²) < 4.78 is 5.95. The lowest BCUT2D eigenvalue weighted by Crippen LogP contribution is -2.41. The minimum absolute atomic E-state index is 0.0664. The smallest absolute Gasteiger partial charge is 0.318 e. The van der Waals surface area contributed by atoms with Crippen molar-refractivity contribution in [3.8, 4) is 16.9 Å². The van der Waals surface area contributed by atoms with Crippen molar-refractivity contribution in [1.82, 2.24) is 20.2 Å². The van der Waals surface area contributed by atoms with Crippen LogP contribution in [0.4, 0.5) is 4.79 Å². The molecule has 32 heavy (non-hydrogen) atoms. The van der Waals surface area contributed by atoms with Gasteiger partial charge in [-0.15, -0.1) is 0 Å². The van der Waals surface area contributed by atoms with Crippen molar-refractivity contribution in [2.75, 3.05) is 13.2 Å². The van der Waals surface area contributed by atoms with E-state index >= 15 is 0 Å². The predicted molar refractivity (Wildman–Crippen MR) is 126 cm³/mol. The molecule has 1 aromatic heterocycles. The van der Waals surface area contributed by atoms with Crippen LogP contribution in [-0.4, -0.2) is 34.1 Å². The molecule has 4 aromatic rings. The van der Waals surface area contributed by atoms with Crippen LogP contribution in [0.3, 0.4) is 0 Å². The molecule has 1 aliphatic rings. The number of hydrogen-bond acceptors (Lipinski definition) is 3. The molecule has 1 atom stereocenters. The van der Waals surface area contributed by atoms with E-state index in [1.54, 1.807) is 0 Å². The lowest BCUT2D eigenvalue weighted by Gasteiger charge is -2.23. The standard InChI is InChI=1S/C26H26N4O2/c1-17(19-6-4-3-5-7-19)27-26(31)30-12-13-32-25-11-9-20(14-22(25)16-30)21-8-10-23-24(15-21)29-18(2)28-23/h3-11,14-15,17H,12-13,16H2,1-2H3,(H,27,31)(H,28,29)/t17-/m1/s1. The van der Waals surface area contributed by atoms with E-state index in [1.165, 1.54) is 0 Å². The summed E-state index contributed by atoms with van der Waals surface area (Å²) in [6.45, 7) is 5.47. The summed E-state index contributed by atoms with van der Waals surface area (Å²) in [7, 11) is 0. The van der Waals surface area contributed by atoms with Gasteiger partial charge in [0.1, 0.15) is 18.2 Å². The number of hydrogen-bond donors (Lipinski definition) is 2. The zero-order valence-electron chi connectivity index (χ0n) is 18.3. The summed E-state index contributed by atoms with van der Waals surface area (Å²) in [5.74, 6) is 1.73. The lowest BCUT2D eigenvalue weighted by atomic mass is 10.0. The molecular weight excluding hydrogens is 400 g/mol. The van der Waals surface area contributed by atoms with E-state index in [2.05, 4.69) is 39.6 Å². The topological polar surface area (TPSA) is 70.2 Å². The van der Waals surface area contributed by atoms with Crippen LogP contribution in [0.5, 0.6) is 5.75 Å². The molecule has 6 nitrogen and oxygen atoms in total. The Hall–Kier alpha value is -3.80. The zero-order chi connectivity index (χ0) is 22.1. The lowest BCUT2D eigenvalue weighted by molar-refractivity contribution is 0.184. The highest BCUT2D eigenvalue weighted by atomic mass is 16.5. The third-order valence-electron chi connectivity index (χ3n) is 5.90. The Labute approximate surface area is 187 Å². The van der Waals surface area contributed by atoms with Crippen molar-refractivity contribution in [2.24, 2.45) is 0 Å². The second-order valence-corrected chi connectivity index (χ2v) is 8.23. The Morgan fingerprint density at radius 3 is 2.72 bits per heavy atom. The van der Waals surface area contributed by atoms with Crippen LogP contribution in [0.15, 0.2) is 66.7 Å². The third-order valence-corrected chi connectivity index (χ3v) is 5.90. The quantitative estimate of drug-likeness (QED) is 0.473. The van der Waals surface area contributed by atoms with Crippen LogP contribution in [0.1, 0.15) is 29.9 Å². The summed E-state index contributed by atoms with van der Waals surface area (Å²) in [4.78, 5) is 22.6. The number of benzene rings is 3. The van der Waals surface area contributed by atoms with Crippen molar-refractivity contribution < 1.29 is 9.53 Å². The number of fused-ring (bicyclic) bond motifs is 2. The summed E-state index contributed by atoms with van der Waals surface area (Å²) in [6.07, 6.45) is 0. The van der Waals surface area contributed by atoms with E-state index in [1.807, 2.05) is 61.2 Å². The van der Waals surface area contributed by atoms with E-state index in [0.717, 1.165) is 44.9 Å². The number of nitrogens with zero attached hydrogens (tertiary/aromatic N) is 2. The molecule has 0 saturated carbocycles. The van der Waals surface area contributed by atoms with Crippen LogP contribution in [0, 0.1) is 6.92 Å². The Kier molecular flexibility index (Phi) is 5.27. The molecule has 2 amide bonds. The number of H-pyrrole nitrogens is 1. The van der Waals surface area contributed by atoms with Crippen molar-refractivity contribution in [2.45, 2.75) is 26.4 Å². The van der Waals surface area contributed by atoms with Crippen LogP contribution in [-0.2, 0) is 6.54 Å². The number of rotatable bonds is 3. The molecule has 0 radical (unpaired) electrons. The zero-order valence-corrected chi connectivity index (χ0v) is 18.3. The molecule has 0 saturated heterocycles. The molecule has 162 valence electrons. The maximum Gasteiger partial charge on any atom is 0.318 e. The predicted octanol–water partition coefficient (Wildman–Crippen LogP) is 5.20. The Balaban J connectivity index is 1.37. The van der Waals surface area contributed by atoms with Crippen molar-refractivity contribution in [1.29, 1.82) is 0 Å². The fourth-order valence-corrected chi connectivity index (χ4v) is 4.17. The van der Waals surface area contributed by atoms with Gasteiger partial charge in [-0.1, -0.05) is 42.5 Å². The fraction of sp³-hybridized carbons (Fsp3) is 0.231. The molecule has 6 heteroatoms. The Bertz CT molecular complexity index is 1270. The molecule has 0 bridgehead atoms. The number of urea groups is 1. The number of carbonyl (C=O) groups is 1. The molecule has 0 aliphatic carbocycles. The maximum atomic E-state index is 13.0. The first kappa shape index (κ1) is 20.1. The first-order valence-electron chi connectivity index (χ1n) is 10.9. The minimum atomic E-state index is -0.0856. The molecule has 2 heterocycles. The number of nitrogens with one attached hydrogen (secondary N) is 2. The molecule has 1 aliphatic heterocycles. The van der Waals surface area contributed by atoms with Crippen LogP contribution in [0.2, 0.25) is 0 Å². The van der Waals surface area contributed by atoms with Gasteiger partial charge in [-0.05, 0) is 54.8 Å². The van der Waals surface area contributed by atoms with Gasteiger partial charge in [0.15, 0.2) is 0 Å². The van der Waals surface area contributed by atoms with E-state index in [-0.39, 0.29) is 12.1 Å². The second kappa shape index (κ2) is 8.38. The van der Waals surface area contributed by atoms with E-state index in [0.29, 0.717) is 19.7 Å². The van der Waals surface area contributed by atoms with Gasteiger partial charge >= 0.3 is 6.03 Å². The number of aromatic nitrogens is 2. The van der Waals surface area contributed by atoms with Gasteiger partial charge in [-0.25, -0.2) is 9.78 Å². The number of aromatic amines is 1. The normalized spacial score (nSPS) is 14.4. The Morgan fingerprint density at radius 1 is 1.09 bits per heavy atom. The Morgan fingerprint density at radius 2 is 1.88 bits per heavy atom. The highest BCUT2D eigenvalue weighted by Crippen LogP contribution is 2.30. The molecule has 2 N–H and O–H groups in total. The van der Waals surface area contributed by atoms with Gasteiger partial charge in [0, 0.05) is 5.56 Å². The summed E-state index contributed by atoms with van der Waals surface area (Å²) in [5, 5.41) is 3.11. The second-order valence-electron chi connectivity index (χ2n) is 8.23. The third kappa shape index (κ3) is 4.04. The highest BCUT2D eigenvalue weighted by molar-refractivity contribution is 5.82. The van der Waals surface area contributed by atoms with Gasteiger partial charge in [-0.2, -0.15) is 0 Å². The van der Waals surface area contributed by atoms with Crippen molar-refractivity contribution >= 4 is 17.1 Å². The number of carbonyl (C=O) groups excluding carboxylic acids is 1. The number of ether oxygens (including phenoxy) is 1. The average Bonchev–Trinajstić information content (AvgIpc) is 3.04. The number of aryl methyl sites for hydroxylation is 1. The number of imidazole rings is 1. The summed E-state index contributed by atoms with van der Waals surface area (Å²) >= 11 is 0. The average molecular weight is 427 g/mol.